The van der Waals surface area contributed by atoms with E-state index in [9.17, 15) is 0 Å². The van der Waals surface area contributed by atoms with Crippen LogP contribution < -0.4 is 4.90 Å². The first kappa shape index (κ1) is 21.0. The van der Waals surface area contributed by atoms with Gasteiger partial charge < -0.3 is 9.64 Å². The number of benzene rings is 1. The molecule has 0 saturated carbocycles. The van der Waals surface area contributed by atoms with E-state index in [4.69, 9.17) is 4.74 Å². The molecule has 0 N–H and O–H groups in total. The highest BCUT2D eigenvalue weighted by molar-refractivity contribution is 5.70. The standard InChI is InChI=1S/C28H37NO/c1-8-23-15-21(19(2)3)16-24(30-23)10-9-20-13-22-17-27(4,5)18-29-12-11-28(6,7)25(14-20)26(22)29/h9-10,13-16H,8,11-12,17-18H2,1-7H3/b10-9+. The summed E-state index contributed by atoms with van der Waals surface area (Å²) in [6, 6.07) is 4.83. The van der Waals surface area contributed by atoms with Gasteiger partial charge in [-0.1, -0.05) is 46.3 Å². The first-order valence-electron chi connectivity index (χ1n) is 11.5. The Morgan fingerprint density at radius 3 is 2.57 bits per heavy atom. The van der Waals surface area contributed by atoms with Crippen LogP contribution in [0.3, 0.4) is 0 Å². The summed E-state index contributed by atoms with van der Waals surface area (Å²) in [5.41, 5.74) is 8.94. The molecule has 0 radical (unpaired) electrons. The molecule has 0 unspecified atom stereocenters. The van der Waals surface area contributed by atoms with E-state index in [-0.39, 0.29) is 5.41 Å². The highest BCUT2D eigenvalue weighted by Crippen LogP contribution is 2.47. The monoisotopic (exact) mass is 403 g/mol. The SMILES string of the molecule is CCC1=CC(=C(C)C)C=C(/C=C/c2cc3c4c(c2)C(C)(C)CCN4CC(C)(C)C3)O1. The molecule has 0 aromatic heterocycles. The fourth-order valence-corrected chi connectivity index (χ4v) is 5.05. The predicted molar refractivity (Wildman–Crippen MR) is 129 cm³/mol. The molecule has 4 rings (SSSR count). The third-order valence-corrected chi connectivity index (χ3v) is 6.78. The summed E-state index contributed by atoms with van der Waals surface area (Å²) >= 11 is 0. The van der Waals surface area contributed by atoms with Gasteiger partial charge in [0.25, 0.3) is 0 Å². The molecule has 3 aliphatic heterocycles. The van der Waals surface area contributed by atoms with Crippen molar-refractivity contribution in [3.8, 4) is 0 Å². The molecule has 0 saturated heterocycles. The lowest BCUT2D eigenvalue weighted by Crippen LogP contribution is -2.46. The molecule has 1 aromatic carbocycles. The molecule has 1 aromatic rings. The van der Waals surface area contributed by atoms with Crippen molar-refractivity contribution in [2.24, 2.45) is 5.41 Å². The van der Waals surface area contributed by atoms with Crippen LogP contribution in [0.25, 0.3) is 6.08 Å². The maximum Gasteiger partial charge on any atom is 0.127 e. The number of ether oxygens (including phenoxy) is 1. The topological polar surface area (TPSA) is 12.5 Å². The highest BCUT2D eigenvalue weighted by Gasteiger charge is 2.39. The van der Waals surface area contributed by atoms with Gasteiger partial charge >= 0.3 is 0 Å². The van der Waals surface area contributed by atoms with Crippen molar-refractivity contribution in [1.82, 2.24) is 0 Å². The van der Waals surface area contributed by atoms with Gasteiger partial charge in [-0.3, -0.25) is 0 Å². The highest BCUT2D eigenvalue weighted by atomic mass is 16.5. The van der Waals surface area contributed by atoms with Crippen LogP contribution in [-0.2, 0) is 16.6 Å². The summed E-state index contributed by atoms with van der Waals surface area (Å²) in [5.74, 6) is 1.96. The van der Waals surface area contributed by atoms with Gasteiger partial charge in [0.05, 0.1) is 0 Å². The smallest absolute Gasteiger partial charge is 0.127 e. The van der Waals surface area contributed by atoms with Crippen molar-refractivity contribution >= 4 is 11.8 Å². The average Bonchev–Trinajstić information content (AvgIpc) is 2.67. The summed E-state index contributed by atoms with van der Waals surface area (Å²) in [7, 11) is 0. The molecule has 0 atom stereocenters. The number of allylic oxidation sites excluding steroid dienone is 6. The molecule has 2 nitrogen and oxygen atoms in total. The molecule has 3 heterocycles. The Balaban J connectivity index is 1.72. The van der Waals surface area contributed by atoms with Crippen molar-refractivity contribution in [1.29, 1.82) is 0 Å². The molecular formula is C28H37NO. The number of nitrogens with zero attached hydrogens (tertiary/aromatic N) is 1. The zero-order valence-corrected chi connectivity index (χ0v) is 19.9. The molecule has 30 heavy (non-hydrogen) atoms. The average molecular weight is 404 g/mol. The van der Waals surface area contributed by atoms with E-state index >= 15 is 0 Å². The minimum absolute atomic E-state index is 0.222. The third-order valence-electron chi connectivity index (χ3n) is 6.78. The fourth-order valence-electron chi connectivity index (χ4n) is 5.05. The van der Waals surface area contributed by atoms with Crippen LogP contribution in [0.4, 0.5) is 5.69 Å². The Labute approximate surface area is 183 Å². The van der Waals surface area contributed by atoms with E-state index < -0.39 is 0 Å². The first-order chi connectivity index (χ1) is 14.1. The van der Waals surface area contributed by atoms with Gasteiger partial charge in [0.1, 0.15) is 11.5 Å². The maximum absolute atomic E-state index is 6.10. The normalized spacial score (nSPS) is 21.7. The summed E-state index contributed by atoms with van der Waals surface area (Å²) in [4.78, 5) is 2.64. The zero-order valence-electron chi connectivity index (χ0n) is 19.9. The van der Waals surface area contributed by atoms with Crippen LogP contribution in [0.15, 0.2) is 53.0 Å². The van der Waals surface area contributed by atoms with Crippen LogP contribution in [0.5, 0.6) is 0 Å². The summed E-state index contributed by atoms with van der Waals surface area (Å²) < 4.78 is 6.10. The summed E-state index contributed by atoms with van der Waals surface area (Å²) in [5, 5.41) is 0. The fraction of sp³-hybridized carbons (Fsp3) is 0.500. The van der Waals surface area contributed by atoms with Gasteiger partial charge in [0.15, 0.2) is 0 Å². The van der Waals surface area contributed by atoms with E-state index in [1.54, 1.807) is 0 Å². The Morgan fingerprint density at radius 1 is 1.10 bits per heavy atom. The Bertz CT molecular complexity index is 980. The predicted octanol–water partition coefficient (Wildman–Crippen LogP) is 7.31. The van der Waals surface area contributed by atoms with E-state index in [1.165, 1.54) is 46.5 Å². The summed E-state index contributed by atoms with van der Waals surface area (Å²) in [6.07, 6.45) is 12.0. The first-order valence-corrected chi connectivity index (χ1v) is 11.5. The molecular weight excluding hydrogens is 366 g/mol. The van der Waals surface area contributed by atoms with E-state index in [0.717, 1.165) is 30.9 Å². The molecule has 0 bridgehead atoms. The van der Waals surface area contributed by atoms with Gasteiger partial charge in [-0.15, -0.1) is 0 Å². The molecule has 3 aliphatic rings. The number of hydrogen-bond donors (Lipinski definition) is 0. The van der Waals surface area contributed by atoms with Gasteiger partial charge in [0, 0.05) is 25.2 Å². The van der Waals surface area contributed by atoms with Crippen LogP contribution in [0, 0.1) is 5.41 Å². The number of rotatable bonds is 3. The largest absolute Gasteiger partial charge is 0.462 e. The minimum Gasteiger partial charge on any atom is -0.462 e. The van der Waals surface area contributed by atoms with Gasteiger partial charge in [0.2, 0.25) is 0 Å². The van der Waals surface area contributed by atoms with Crippen LogP contribution in [0.1, 0.15) is 78.0 Å². The second-order valence-corrected chi connectivity index (χ2v) is 10.9. The van der Waals surface area contributed by atoms with Crippen molar-refractivity contribution in [2.75, 3.05) is 18.0 Å². The lowest BCUT2D eigenvalue weighted by Gasteiger charge is -2.48. The third kappa shape index (κ3) is 4.02. The molecule has 0 spiro atoms. The summed E-state index contributed by atoms with van der Waals surface area (Å²) in [6.45, 7) is 18.4. The van der Waals surface area contributed by atoms with Crippen molar-refractivity contribution < 1.29 is 4.74 Å². The Kier molecular flexibility index (Phi) is 5.24. The quantitative estimate of drug-likeness (QED) is 0.524. The number of hydrogen-bond acceptors (Lipinski definition) is 2. The second-order valence-electron chi connectivity index (χ2n) is 10.9. The maximum atomic E-state index is 6.10. The van der Waals surface area contributed by atoms with E-state index in [1.807, 2.05) is 0 Å². The van der Waals surface area contributed by atoms with Gasteiger partial charge in [-0.05, 0) is 90.1 Å². The van der Waals surface area contributed by atoms with Crippen molar-refractivity contribution in [2.45, 2.75) is 73.1 Å². The molecule has 160 valence electrons. The molecule has 0 aliphatic carbocycles. The zero-order chi connectivity index (χ0) is 21.7. The van der Waals surface area contributed by atoms with Gasteiger partial charge in [-0.25, -0.2) is 0 Å². The van der Waals surface area contributed by atoms with E-state index in [0.29, 0.717) is 5.41 Å². The van der Waals surface area contributed by atoms with Crippen LogP contribution in [-0.4, -0.2) is 13.1 Å². The molecule has 0 amide bonds. The minimum atomic E-state index is 0.222. The second kappa shape index (κ2) is 7.48. The lowest BCUT2D eigenvalue weighted by atomic mass is 9.71. The van der Waals surface area contributed by atoms with Crippen LogP contribution in [0.2, 0.25) is 0 Å². The Hall–Kier alpha value is -2.22. The van der Waals surface area contributed by atoms with E-state index in [2.05, 4.69) is 89.8 Å². The molecule has 2 heteroatoms. The van der Waals surface area contributed by atoms with Gasteiger partial charge in [-0.2, -0.15) is 0 Å². The lowest BCUT2D eigenvalue weighted by molar-refractivity contribution is 0.304. The van der Waals surface area contributed by atoms with Crippen LogP contribution >= 0.6 is 0 Å². The number of anilines is 1. The molecule has 0 fully saturated rings. The Morgan fingerprint density at radius 2 is 1.87 bits per heavy atom. The van der Waals surface area contributed by atoms with Crippen molar-refractivity contribution in [3.05, 3.63) is 69.7 Å². The van der Waals surface area contributed by atoms with Crippen molar-refractivity contribution in [3.63, 3.8) is 0 Å².